The van der Waals surface area contributed by atoms with Crippen LogP contribution >= 0.6 is 0 Å². The van der Waals surface area contributed by atoms with E-state index in [1.165, 1.54) is 6.20 Å². The summed E-state index contributed by atoms with van der Waals surface area (Å²) in [5.74, 6) is 0.772. The van der Waals surface area contributed by atoms with Crippen molar-refractivity contribution >= 4 is 17.8 Å². The summed E-state index contributed by atoms with van der Waals surface area (Å²) in [6.45, 7) is 5.54. The van der Waals surface area contributed by atoms with E-state index in [0.717, 1.165) is 25.7 Å². The summed E-state index contributed by atoms with van der Waals surface area (Å²) in [6.07, 6.45) is -0.409. The minimum Gasteiger partial charge on any atom is -0.379 e. The van der Waals surface area contributed by atoms with Crippen molar-refractivity contribution in [2.75, 3.05) is 50.0 Å². The Morgan fingerprint density at radius 1 is 1.35 bits per heavy atom. The van der Waals surface area contributed by atoms with E-state index in [1.807, 2.05) is 13.0 Å². The van der Waals surface area contributed by atoms with Gasteiger partial charge in [0.2, 0.25) is 5.95 Å². The summed E-state index contributed by atoms with van der Waals surface area (Å²) >= 11 is 0. The Balaban J connectivity index is 1.61. The average Bonchev–Trinajstić information content (AvgIpc) is 3.17. The van der Waals surface area contributed by atoms with Crippen LogP contribution in [0.25, 0.3) is 17.3 Å². The third kappa shape index (κ3) is 4.65. The maximum absolute atomic E-state index is 13.2. The predicted molar refractivity (Wildman–Crippen MR) is 109 cm³/mol. The van der Waals surface area contributed by atoms with Crippen LogP contribution in [-0.2, 0) is 4.74 Å². The number of hydrogen-bond acceptors (Lipinski definition) is 7. The maximum Gasteiger partial charge on any atom is 0.414 e. The Bertz CT molecular complexity index is 1020. The lowest BCUT2D eigenvalue weighted by atomic mass is 10.0. The van der Waals surface area contributed by atoms with Crippen LogP contribution in [0.3, 0.4) is 0 Å². The third-order valence-corrected chi connectivity index (χ3v) is 5.23. The number of anilines is 2. The second-order valence-corrected chi connectivity index (χ2v) is 7.54. The Labute approximate surface area is 177 Å². The fourth-order valence-electron chi connectivity index (χ4n) is 3.69. The third-order valence-electron chi connectivity index (χ3n) is 5.23. The van der Waals surface area contributed by atoms with Gasteiger partial charge in [-0.25, -0.2) is 9.97 Å². The van der Waals surface area contributed by atoms with Crippen molar-refractivity contribution in [3.05, 3.63) is 29.1 Å². The van der Waals surface area contributed by atoms with Gasteiger partial charge in [-0.05, 0) is 13.0 Å². The number of aromatic amines is 1. The van der Waals surface area contributed by atoms with Gasteiger partial charge >= 0.3 is 6.18 Å². The quantitative estimate of drug-likeness (QED) is 0.667. The van der Waals surface area contributed by atoms with Gasteiger partial charge in [-0.15, -0.1) is 0 Å². The monoisotopic (exact) mass is 433 g/mol. The van der Waals surface area contributed by atoms with Crippen molar-refractivity contribution in [2.45, 2.75) is 19.1 Å². The first-order chi connectivity index (χ1) is 14.8. The van der Waals surface area contributed by atoms with Gasteiger partial charge in [0.05, 0.1) is 36.2 Å². The molecular formula is C20H22F3N7O. The van der Waals surface area contributed by atoms with Crippen molar-refractivity contribution in [3.63, 3.8) is 0 Å². The van der Waals surface area contributed by atoms with E-state index in [4.69, 9.17) is 4.74 Å². The van der Waals surface area contributed by atoms with Crippen LogP contribution in [0, 0.1) is 11.3 Å². The highest BCUT2D eigenvalue weighted by Gasteiger charge is 2.36. The molecule has 31 heavy (non-hydrogen) atoms. The maximum atomic E-state index is 13.2. The molecule has 2 aliphatic rings. The van der Waals surface area contributed by atoms with E-state index in [9.17, 15) is 18.4 Å². The van der Waals surface area contributed by atoms with Crippen molar-refractivity contribution in [2.24, 2.45) is 0 Å². The summed E-state index contributed by atoms with van der Waals surface area (Å²) in [7, 11) is 0. The van der Waals surface area contributed by atoms with Crippen molar-refractivity contribution < 1.29 is 17.9 Å². The number of hydrogen-bond donors (Lipinski definition) is 3. The first kappa shape index (κ1) is 21.1. The number of H-pyrrole nitrogens is 1. The number of morpholine rings is 1. The molecule has 164 valence electrons. The zero-order valence-electron chi connectivity index (χ0n) is 16.9. The standard InChI is InChI=1S/C20H22F3N7O/c1-12(11-30-2-4-31-5-3-30)28-19-27-8-13(7-24)17(29-19)16-10-26-18-15(16)6-14(9-25-18)20(21,22)23/h6,8,10,12,25-26H,2-5,9,11H2,1H3,(H,27,28,29)/t12-/m1/s1. The van der Waals surface area contributed by atoms with Gasteiger partial charge < -0.3 is 20.4 Å². The van der Waals surface area contributed by atoms with Gasteiger partial charge in [-0.3, -0.25) is 4.90 Å². The number of ether oxygens (including phenoxy) is 1. The second-order valence-electron chi connectivity index (χ2n) is 7.54. The fourth-order valence-corrected chi connectivity index (χ4v) is 3.69. The molecule has 0 saturated carbocycles. The summed E-state index contributed by atoms with van der Waals surface area (Å²) < 4.78 is 45.0. The predicted octanol–water partition coefficient (Wildman–Crippen LogP) is 2.85. The number of nitrogens with zero attached hydrogens (tertiary/aromatic N) is 4. The lowest BCUT2D eigenvalue weighted by molar-refractivity contribution is -0.0909. The largest absolute Gasteiger partial charge is 0.414 e. The molecule has 0 unspecified atom stereocenters. The fraction of sp³-hybridized carbons (Fsp3) is 0.450. The zero-order valence-corrected chi connectivity index (χ0v) is 16.9. The summed E-state index contributed by atoms with van der Waals surface area (Å²) in [5.41, 5.74) is 0.497. The molecule has 0 bridgehead atoms. The molecule has 3 N–H and O–H groups in total. The minimum absolute atomic E-state index is 0.0254. The summed E-state index contributed by atoms with van der Waals surface area (Å²) in [4.78, 5) is 13.9. The lowest BCUT2D eigenvalue weighted by Crippen LogP contribution is -2.42. The molecule has 0 aliphatic carbocycles. The number of nitrogens with one attached hydrogen (secondary N) is 3. The second kappa shape index (κ2) is 8.56. The molecule has 2 aromatic rings. The molecule has 4 heterocycles. The highest BCUT2D eigenvalue weighted by Crippen LogP contribution is 2.38. The Hall–Kier alpha value is -3.10. The number of nitriles is 1. The topological polar surface area (TPSA) is 102 Å². The first-order valence-electron chi connectivity index (χ1n) is 9.92. The number of aromatic nitrogens is 3. The Morgan fingerprint density at radius 2 is 2.13 bits per heavy atom. The zero-order chi connectivity index (χ0) is 22.0. The van der Waals surface area contributed by atoms with Crippen LogP contribution in [0.4, 0.5) is 24.9 Å². The number of alkyl halides is 3. The Morgan fingerprint density at radius 3 is 2.84 bits per heavy atom. The van der Waals surface area contributed by atoms with Crippen molar-refractivity contribution in [3.8, 4) is 17.3 Å². The highest BCUT2D eigenvalue weighted by molar-refractivity contribution is 5.85. The SMILES string of the molecule is C[C@H](CN1CCOCC1)Nc1ncc(C#N)c(-c2c[nH]c3c2C=C(C(F)(F)F)CN3)n1. The highest BCUT2D eigenvalue weighted by atomic mass is 19.4. The summed E-state index contributed by atoms with van der Waals surface area (Å²) in [5, 5.41) is 15.5. The van der Waals surface area contributed by atoms with E-state index in [2.05, 4.69) is 30.5 Å². The van der Waals surface area contributed by atoms with Crippen LogP contribution in [-0.4, -0.2) is 71.5 Å². The molecule has 1 fully saturated rings. The number of fused-ring (bicyclic) bond motifs is 1. The lowest BCUT2D eigenvalue weighted by Gasteiger charge is -2.29. The van der Waals surface area contributed by atoms with E-state index in [0.29, 0.717) is 36.1 Å². The number of rotatable bonds is 5. The van der Waals surface area contributed by atoms with Crippen LogP contribution < -0.4 is 10.6 Å². The summed E-state index contributed by atoms with van der Waals surface area (Å²) in [6, 6.07) is 2.05. The van der Waals surface area contributed by atoms with Gasteiger partial charge in [-0.2, -0.15) is 18.4 Å². The molecule has 2 aliphatic heterocycles. The van der Waals surface area contributed by atoms with Crippen LogP contribution in [0.1, 0.15) is 18.1 Å². The molecule has 8 nitrogen and oxygen atoms in total. The minimum atomic E-state index is -4.44. The van der Waals surface area contributed by atoms with Crippen LogP contribution in [0.2, 0.25) is 0 Å². The molecule has 11 heteroatoms. The van der Waals surface area contributed by atoms with Gasteiger partial charge in [0.1, 0.15) is 11.9 Å². The van der Waals surface area contributed by atoms with E-state index < -0.39 is 11.7 Å². The molecule has 0 spiro atoms. The normalized spacial score (nSPS) is 17.8. The molecule has 4 rings (SSSR count). The van der Waals surface area contributed by atoms with Gasteiger partial charge in [0, 0.05) is 49.5 Å². The number of halogens is 3. The van der Waals surface area contributed by atoms with E-state index in [1.54, 1.807) is 6.20 Å². The molecule has 0 radical (unpaired) electrons. The van der Waals surface area contributed by atoms with Crippen LogP contribution in [0.5, 0.6) is 0 Å². The van der Waals surface area contributed by atoms with Gasteiger partial charge in [0.15, 0.2) is 0 Å². The molecule has 1 atom stereocenters. The molecular weight excluding hydrogens is 411 g/mol. The molecule has 2 aromatic heterocycles. The molecule has 0 amide bonds. The molecule has 1 saturated heterocycles. The Kier molecular flexibility index (Phi) is 5.84. The van der Waals surface area contributed by atoms with Crippen molar-refractivity contribution in [1.29, 1.82) is 5.26 Å². The average molecular weight is 433 g/mol. The molecule has 0 aromatic carbocycles. The first-order valence-corrected chi connectivity index (χ1v) is 9.92. The van der Waals surface area contributed by atoms with E-state index in [-0.39, 0.29) is 23.8 Å². The smallest absolute Gasteiger partial charge is 0.379 e. The van der Waals surface area contributed by atoms with Crippen LogP contribution in [0.15, 0.2) is 18.0 Å². The van der Waals surface area contributed by atoms with E-state index >= 15 is 0 Å². The van der Waals surface area contributed by atoms with Gasteiger partial charge in [0.25, 0.3) is 0 Å². The van der Waals surface area contributed by atoms with Gasteiger partial charge in [-0.1, -0.05) is 0 Å². The van der Waals surface area contributed by atoms with Crippen molar-refractivity contribution in [1.82, 2.24) is 19.9 Å².